The van der Waals surface area contributed by atoms with Crippen LogP contribution in [-0.2, 0) is 14.8 Å². The van der Waals surface area contributed by atoms with Crippen LogP contribution in [0.15, 0.2) is 29.4 Å². The first-order valence-corrected chi connectivity index (χ1v) is 9.25. The molecule has 0 atom stereocenters. The molecule has 0 spiro atoms. The van der Waals surface area contributed by atoms with Crippen LogP contribution < -0.4 is 14.5 Å². The van der Waals surface area contributed by atoms with Crippen molar-refractivity contribution in [2.45, 2.75) is 27.7 Å². The van der Waals surface area contributed by atoms with Crippen molar-refractivity contribution in [3.8, 4) is 5.75 Å². The van der Waals surface area contributed by atoms with Crippen molar-refractivity contribution in [1.82, 2.24) is 5.43 Å². The summed E-state index contributed by atoms with van der Waals surface area (Å²) in [5, 5.41) is 4.03. The van der Waals surface area contributed by atoms with Crippen molar-refractivity contribution in [3.05, 3.63) is 24.3 Å². The Morgan fingerprint density at radius 2 is 1.79 bits per heavy atom. The summed E-state index contributed by atoms with van der Waals surface area (Å²) in [6, 6.07) is 6.42. The quantitative estimate of drug-likeness (QED) is 0.624. The molecule has 0 unspecified atom stereocenters. The number of anilines is 1. The number of ether oxygens (including phenoxy) is 1. The van der Waals surface area contributed by atoms with Crippen LogP contribution in [0, 0.1) is 5.41 Å². The number of nitrogens with one attached hydrogen (secondary N) is 1. The van der Waals surface area contributed by atoms with Crippen LogP contribution in [0.4, 0.5) is 5.69 Å². The molecule has 0 aliphatic carbocycles. The third kappa shape index (κ3) is 5.84. The van der Waals surface area contributed by atoms with E-state index in [1.165, 1.54) is 7.11 Å². The van der Waals surface area contributed by atoms with Gasteiger partial charge in [-0.3, -0.25) is 9.10 Å². The summed E-state index contributed by atoms with van der Waals surface area (Å²) < 4.78 is 30.1. The Bertz CT molecular complexity index is 704. The fourth-order valence-electron chi connectivity index (χ4n) is 1.63. The number of carbonyl (C=O) groups is 1. The van der Waals surface area contributed by atoms with Crippen LogP contribution in [0.1, 0.15) is 27.7 Å². The van der Waals surface area contributed by atoms with Crippen LogP contribution in [0.5, 0.6) is 5.75 Å². The molecule has 0 radical (unpaired) electrons. The number of carbonyl (C=O) groups excluding carboxylic acids is 1. The highest BCUT2D eigenvalue weighted by Crippen LogP contribution is 2.21. The zero-order chi connectivity index (χ0) is 18.5. The molecule has 1 rings (SSSR count). The molecular formula is C16H25N3O4S. The Hall–Kier alpha value is -2.09. The Kier molecular flexibility index (Phi) is 6.36. The van der Waals surface area contributed by atoms with Gasteiger partial charge in [-0.15, -0.1) is 0 Å². The van der Waals surface area contributed by atoms with Gasteiger partial charge in [-0.25, -0.2) is 13.8 Å². The van der Waals surface area contributed by atoms with Crippen LogP contribution in [0.2, 0.25) is 0 Å². The van der Waals surface area contributed by atoms with Gasteiger partial charge in [0.1, 0.15) is 12.3 Å². The standard InChI is InChI=1S/C16H25N3O4S/c1-12(16(2,3)4)17-18-15(20)11-19(24(6,21)22)13-7-9-14(23-5)10-8-13/h7-10H,11H2,1-6H3,(H,18,20)/b17-12+. The summed E-state index contributed by atoms with van der Waals surface area (Å²) in [5.41, 5.74) is 3.34. The first-order chi connectivity index (χ1) is 10.9. The molecule has 1 amide bonds. The van der Waals surface area contributed by atoms with Gasteiger partial charge in [0.05, 0.1) is 19.1 Å². The molecule has 8 heteroatoms. The summed E-state index contributed by atoms with van der Waals surface area (Å²) in [5.74, 6) is 0.0851. The number of hydrazone groups is 1. The lowest BCUT2D eigenvalue weighted by Crippen LogP contribution is -2.39. The molecule has 0 saturated heterocycles. The van der Waals surface area contributed by atoms with Gasteiger partial charge in [-0.1, -0.05) is 20.8 Å². The normalized spacial score (nSPS) is 12.7. The van der Waals surface area contributed by atoms with Crippen LogP contribution >= 0.6 is 0 Å². The number of rotatable bonds is 6. The van der Waals surface area contributed by atoms with Gasteiger partial charge in [0, 0.05) is 11.1 Å². The van der Waals surface area contributed by atoms with Crippen molar-refractivity contribution < 1.29 is 17.9 Å². The zero-order valence-electron chi connectivity index (χ0n) is 15.0. The van der Waals surface area contributed by atoms with Crippen molar-refractivity contribution in [2.75, 3.05) is 24.2 Å². The van der Waals surface area contributed by atoms with E-state index < -0.39 is 15.9 Å². The predicted octanol–water partition coefficient (Wildman–Crippen LogP) is 2.00. The summed E-state index contributed by atoms with van der Waals surface area (Å²) in [6.07, 6.45) is 1.05. The molecular weight excluding hydrogens is 330 g/mol. The van der Waals surface area contributed by atoms with E-state index in [2.05, 4.69) is 10.5 Å². The number of methoxy groups -OCH3 is 1. The molecule has 0 bridgehead atoms. The highest BCUT2D eigenvalue weighted by atomic mass is 32.2. The van der Waals surface area contributed by atoms with Crippen molar-refractivity contribution in [3.63, 3.8) is 0 Å². The van der Waals surface area contributed by atoms with Gasteiger partial charge in [0.2, 0.25) is 10.0 Å². The predicted molar refractivity (Wildman–Crippen MR) is 95.9 cm³/mol. The maximum Gasteiger partial charge on any atom is 0.260 e. The highest BCUT2D eigenvalue weighted by Gasteiger charge is 2.21. The van der Waals surface area contributed by atoms with Crippen LogP contribution in [0.3, 0.4) is 0 Å². The number of sulfonamides is 1. The Morgan fingerprint density at radius 1 is 1.25 bits per heavy atom. The van der Waals surface area contributed by atoms with E-state index in [0.717, 1.165) is 16.3 Å². The highest BCUT2D eigenvalue weighted by molar-refractivity contribution is 7.92. The van der Waals surface area contributed by atoms with E-state index in [1.807, 2.05) is 20.8 Å². The first kappa shape index (κ1) is 20.0. The minimum Gasteiger partial charge on any atom is -0.497 e. The average Bonchev–Trinajstić information content (AvgIpc) is 2.48. The number of nitrogens with zero attached hydrogens (tertiary/aromatic N) is 2. The van der Waals surface area contributed by atoms with E-state index in [1.54, 1.807) is 31.2 Å². The molecule has 1 N–H and O–H groups in total. The smallest absolute Gasteiger partial charge is 0.260 e. The molecule has 24 heavy (non-hydrogen) atoms. The van der Waals surface area contributed by atoms with Gasteiger partial charge in [-0.05, 0) is 31.2 Å². The Labute approximate surface area is 143 Å². The van der Waals surface area contributed by atoms with Crippen LogP contribution in [-0.4, -0.2) is 39.9 Å². The van der Waals surface area contributed by atoms with Crippen molar-refractivity contribution in [2.24, 2.45) is 10.5 Å². The van der Waals surface area contributed by atoms with Gasteiger partial charge < -0.3 is 4.74 Å². The van der Waals surface area contributed by atoms with Crippen molar-refractivity contribution >= 4 is 27.3 Å². The Morgan fingerprint density at radius 3 is 2.21 bits per heavy atom. The molecule has 7 nitrogen and oxygen atoms in total. The molecule has 0 saturated carbocycles. The Balaban J connectivity index is 2.93. The molecule has 0 heterocycles. The molecule has 0 aliphatic heterocycles. The lowest BCUT2D eigenvalue weighted by molar-refractivity contribution is -0.119. The topological polar surface area (TPSA) is 88.1 Å². The van der Waals surface area contributed by atoms with Crippen LogP contribution in [0.25, 0.3) is 0 Å². The summed E-state index contributed by atoms with van der Waals surface area (Å²) in [6.45, 7) is 7.36. The molecule has 1 aromatic rings. The monoisotopic (exact) mass is 355 g/mol. The number of hydrogen-bond acceptors (Lipinski definition) is 5. The lowest BCUT2D eigenvalue weighted by atomic mass is 9.91. The maximum atomic E-state index is 12.1. The number of hydrogen-bond donors (Lipinski definition) is 1. The van der Waals surface area contributed by atoms with Gasteiger partial charge in [0.25, 0.3) is 5.91 Å². The van der Waals surface area contributed by atoms with E-state index in [4.69, 9.17) is 4.74 Å². The first-order valence-electron chi connectivity index (χ1n) is 7.40. The fourth-order valence-corrected chi connectivity index (χ4v) is 2.48. The minimum atomic E-state index is -3.62. The van der Waals surface area contributed by atoms with Gasteiger partial charge >= 0.3 is 0 Å². The molecule has 134 valence electrons. The lowest BCUT2D eigenvalue weighted by Gasteiger charge is -2.22. The number of amides is 1. The second-order valence-electron chi connectivity index (χ2n) is 6.45. The van der Waals surface area contributed by atoms with Gasteiger partial charge in [-0.2, -0.15) is 5.10 Å². The second-order valence-corrected chi connectivity index (χ2v) is 8.36. The van der Waals surface area contributed by atoms with Crippen molar-refractivity contribution in [1.29, 1.82) is 0 Å². The minimum absolute atomic E-state index is 0.181. The molecule has 0 aliphatic rings. The maximum absolute atomic E-state index is 12.1. The fraction of sp³-hybridized carbons (Fsp3) is 0.500. The molecule has 1 aromatic carbocycles. The summed E-state index contributed by atoms with van der Waals surface area (Å²) in [7, 11) is -2.10. The van der Waals surface area contributed by atoms with E-state index in [-0.39, 0.29) is 12.0 Å². The second kappa shape index (κ2) is 7.65. The molecule has 0 aromatic heterocycles. The van der Waals surface area contributed by atoms with E-state index in [9.17, 15) is 13.2 Å². The van der Waals surface area contributed by atoms with Gasteiger partial charge in [0.15, 0.2) is 0 Å². The van der Waals surface area contributed by atoms with E-state index >= 15 is 0 Å². The summed E-state index contributed by atoms with van der Waals surface area (Å²) >= 11 is 0. The molecule has 0 fully saturated rings. The largest absolute Gasteiger partial charge is 0.497 e. The average molecular weight is 355 g/mol. The zero-order valence-corrected chi connectivity index (χ0v) is 15.8. The van der Waals surface area contributed by atoms with E-state index in [0.29, 0.717) is 11.4 Å². The SMILES string of the molecule is COc1ccc(N(CC(=O)N/N=C(\C)C(C)(C)C)S(C)(=O)=O)cc1. The third-order valence-electron chi connectivity index (χ3n) is 3.48. The number of benzene rings is 1. The summed E-state index contributed by atoms with van der Waals surface area (Å²) in [4.78, 5) is 12.1. The third-order valence-corrected chi connectivity index (χ3v) is 4.62.